The van der Waals surface area contributed by atoms with E-state index in [1.165, 1.54) is 0 Å². The van der Waals surface area contributed by atoms with E-state index in [-0.39, 0.29) is 11.6 Å². The van der Waals surface area contributed by atoms with Crippen molar-refractivity contribution < 1.29 is 9.53 Å². The lowest BCUT2D eigenvalue weighted by atomic mass is 10.1. The largest absolute Gasteiger partial charge is 0.485 e. The SMILES string of the molecule is CC(C)CCn1cc(C(=O)Nc2ncccc2OCc2cccc(Cl)c2)nn1. The van der Waals surface area contributed by atoms with Crippen LogP contribution in [-0.2, 0) is 13.2 Å². The van der Waals surface area contributed by atoms with Gasteiger partial charge in [-0.15, -0.1) is 5.10 Å². The van der Waals surface area contributed by atoms with Crippen LogP contribution in [0.2, 0.25) is 5.02 Å². The summed E-state index contributed by atoms with van der Waals surface area (Å²) in [6.45, 7) is 5.29. The molecule has 0 aliphatic heterocycles. The number of rotatable bonds is 8. The van der Waals surface area contributed by atoms with Crippen molar-refractivity contribution in [3.8, 4) is 5.75 Å². The Morgan fingerprint density at radius 3 is 2.93 bits per heavy atom. The molecule has 0 fully saturated rings. The van der Waals surface area contributed by atoms with Gasteiger partial charge in [-0.2, -0.15) is 0 Å². The van der Waals surface area contributed by atoms with Gasteiger partial charge in [0.2, 0.25) is 0 Å². The molecule has 8 heteroatoms. The third-order valence-corrected chi connectivity index (χ3v) is 4.23. The molecule has 3 aromatic rings. The van der Waals surface area contributed by atoms with Crippen LogP contribution in [0.15, 0.2) is 48.8 Å². The highest BCUT2D eigenvalue weighted by atomic mass is 35.5. The number of carbonyl (C=O) groups excluding carboxylic acids is 1. The molecule has 0 spiro atoms. The fourth-order valence-electron chi connectivity index (χ4n) is 2.46. The van der Waals surface area contributed by atoms with Crippen molar-refractivity contribution in [2.45, 2.75) is 33.4 Å². The zero-order valence-electron chi connectivity index (χ0n) is 15.8. The van der Waals surface area contributed by atoms with Gasteiger partial charge in [-0.05, 0) is 42.2 Å². The lowest BCUT2D eigenvalue weighted by Crippen LogP contribution is -2.14. The first kappa shape index (κ1) is 19.8. The van der Waals surface area contributed by atoms with Crippen molar-refractivity contribution in [3.05, 3.63) is 65.1 Å². The molecule has 0 saturated heterocycles. The Morgan fingerprint density at radius 2 is 2.14 bits per heavy atom. The molecule has 0 bridgehead atoms. The molecule has 0 unspecified atom stereocenters. The van der Waals surface area contributed by atoms with E-state index in [2.05, 4.69) is 34.5 Å². The number of pyridine rings is 1. The van der Waals surface area contributed by atoms with E-state index in [0.717, 1.165) is 18.5 Å². The van der Waals surface area contributed by atoms with Gasteiger partial charge in [-0.25, -0.2) is 4.98 Å². The first-order chi connectivity index (χ1) is 13.5. The Morgan fingerprint density at radius 1 is 1.29 bits per heavy atom. The van der Waals surface area contributed by atoms with Gasteiger partial charge in [0.1, 0.15) is 6.61 Å². The van der Waals surface area contributed by atoms with Crippen molar-refractivity contribution in [2.24, 2.45) is 5.92 Å². The van der Waals surface area contributed by atoms with Crippen LogP contribution in [0.3, 0.4) is 0 Å². The van der Waals surface area contributed by atoms with Crippen LogP contribution in [-0.4, -0.2) is 25.9 Å². The summed E-state index contributed by atoms with van der Waals surface area (Å²) in [6, 6.07) is 10.9. The highest BCUT2D eigenvalue weighted by Gasteiger charge is 2.15. The molecular formula is C20H22ClN5O2. The Kier molecular flexibility index (Phi) is 6.60. The van der Waals surface area contributed by atoms with E-state index in [4.69, 9.17) is 16.3 Å². The van der Waals surface area contributed by atoms with E-state index in [1.54, 1.807) is 35.3 Å². The number of benzene rings is 1. The molecule has 1 aromatic carbocycles. The molecule has 0 atom stereocenters. The number of carbonyl (C=O) groups is 1. The van der Waals surface area contributed by atoms with E-state index < -0.39 is 0 Å². The van der Waals surface area contributed by atoms with Crippen LogP contribution in [0, 0.1) is 5.92 Å². The van der Waals surface area contributed by atoms with Gasteiger partial charge < -0.3 is 10.1 Å². The maximum atomic E-state index is 12.5. The fourth-order valence-corrected chi connectivity index (χ4v) is 2.68. The van der Waals surface area contributed by atoms with Gasteiger partial charge in [-0.3, -0.25) is 9.48 Å². The molecule has 0 aliphatic rings. The Bertz CT molecular complexity index is 942. The second kappa shape index (κ2) is 9.32. The summed E-state index contributed by atoms with van der Waals surface area (Å²) in [6.07, 6.45) is 4.18. The zero-order valence-corrected chi connectivity index (χ0v) is 16.6. The molecule has 0 saturated carbocycles. The van der Waals surface area contributed by atoms with E-state index in [0.29, 0.717) is 29.1 Å². The molecule has 0 aliphatic carbocycles. The monoisotopic (exact) mass is 399 g/mol. The average Bonchev–Trinajstić information content (AvgIpc) is 3.15. The number of halogens is 1. The van der Waals surface area contributed by atoms with Crippen molar-refractivity contribution in [1.82, 2.24) is 20.0 Å². The van der Waals surface area contributed by atoms with E-state index >= 15 is 0 Å². The molecule has 146 valence electrons. The van der Waals surface area contributed by atoms with Gasteiger partial charge >= 0.3 is 0 Å². The van der Waals surface area contributed by atoms with Crippen molar-refractivity contribution in [2.75, 3.05) is 5.32 Å². The van der Waals surface area contributed by atoms with Crippen LogP contribution in [0.4, 0.5) is 5.82 Å². The molecule has 2 aromatic heterocycles. The normalized spacial score (nSPS) is 10.9. The number of amides is 1. The summed E-state index contributed by atoms with van der Waals surface area (Å²) in [5.41, 5.74) is 1.15. The number of hydrogen-bond acceptors (Lipinski definition) is 5. The van der Waals surface area contributed by atoms with Crippen LogP contribution in [0.1, 0.15) is 36.3 Å². The number of nitrogens with zero attached hydrogens (tertiary/aromatic N) is 4. The Balaban J connectivity index is 1.65. The van der Waals surface area contributed by atoms with Gasteiger partial charge in [-0.1, -0.05) is 42.8 Å². The minimum atomic E-state index is -0.387. The third kappa shape index (κ3) is 5.53. The fraction of sp³-hybridized carbons (Fsp3) is 0.300. The Hall–Kier alpha value is -2.93. The highest BCUT2D eigenvalue weighted by Crippen LogP contribution is 2.23. The molecule has 2 heterocycles. The maximum Gasteiger partial charge on any atom is 0.279 e. The minimum Gasteiger partial charge on any atom is -0.485 e. The van der Waals surface area contributed by atoms with Crippen LogP contribution < -0.4 is 10.1 Å². The summed E-state index contributed by atoms with van der Waals surface area (Å²) in [7, 11) is 0. The van der Waals surface area contributed by atoms with Gasteiger partial charge in [0.15, 0.2) is 17.3 Å². The van der Waals surface area contributed by atoms with Crippen LogP contribution in [0.5, 0.6) is 5.75 Å². The number of ether oxygens (including phenoxy) is 1. The average molecular weight is 400 g/mol. The molecule has 1 N–H and O–H groups in total. The topological polar surface area (TPSA) is 81.9 Å². The van der Waals surface area contributed by atoms with E-state index in [1.807, 2.05) is 18.2 Å². The predicted molar refractivity (Wildman–Crippen MR) is 107 cm³/mol. The van der Waals surface area contributed by atoms with Crippen LogP contribution >= 0.6 is 11.6 Å². The van der Waals surface area contributed by atoms with Gasteiger partial charge in [0.05, 0.1) is 6.20 Å². The van der Waals surface area contributed by atoms with E-state index in [9.17, 15) is 4.79 Å². The molecule has 28 heavy (non-hydrogen) atoms. The smallest absolute Gasteiger partial charge is 0.279 e. The zero-order chi connectivity index (χ0) is 19.9. The summed E-state index contributed by atoms with van der Waals surface area (Å²) in [4.78, 5) is 16.7. The predicted octanol–water partition coefficient (Wildman–Crippen LogP) is 4.20. The molecular weight excluding hydrogens is 378 g/mol. The molecule has 3 rings (SSSR count). The summed E-state index contributed by atoms with van der Waals surface area (Å²) in [5.74, 6) is 0.950. The maximum absolute atomic E-state index is 12.5. The third-order valence-electron chi connectivity index (χ3n) is 3.99. The number of hydrogen-bond donors (Lipinski definition) is 1. The number of aryl methyl sites for hydroxylation is 1. The quantitative estimate of drug-likeness (QED) is 0.613. The van der Waals surface area contributed by atoms with Crippen molar-refractivity contribution in [3.63, 3.8) is 0 Å². The molecule has 7 nitrogen and oxygen atoms in total. The Labute approximate surface area is 168 Å². The van der Waals surface area contributed by atoms with Crippen LogP contribution in [0.25, 0.3) is 0 Å². The standard InChI is InChI=1S/C20H22ClN5O2/c1-14(2)8-10-26-12-17(24-25-26)20(27)23-19-18(7-4-9-22-19)28-13-15-5-3-6-16(21)11-15/h3-7,9,11-12,14H,8,10,13H2,1-2H3,(H,22,23,27). The van der Waals surface area contributed by atoms with Crippen molar-refractivity contribution >= 4 is 23.3 Å². The summed E-state index contributed by atoms with van der Waals surface area (Å²) in [5, 5.41) is 11.3. The lowest BCUT2D eigenvalue weighted by Gasteiger charge is -2.11. The minimum absolute atomic E-state index is 0.232. The highest BCUT2D eigenvalue weighted by molar-refractivity contribution is 6.30. The number of anilines is 1. The summed E-state index contributed by atoms with van der Waals surface area (Å²) >= 11 is 6.00. The second-order valence-electron chi connectivity index (χ2n) is 6.77. The molecule has 0 radical (unpaired) electrons. The van der Waals surface area contributed by atoms with Crippen molar-refractivity contribution in [1.29, 1.82) is 0 Å². The number of nitrogens with one attached hydrogen (secondary N) is 1. The number of aromatic nitrogens is 4. The summed E-state index contributed by atoms with van der Waals surface area (Å²) < 4.78 is 7.48. The van der Waals surface area contributed by atoms with Gasteiger partial charge in [0, 0.05) is 17.8 Å². The lowest BCUT2D eigenvalue weighted by molar-refractivity contribution is 0.102. The first-order valence-electron chi connectivity index (χ1n) is 9.05. The second-order valence-corrected chi connectivity index (χ2v) is 7.21. The van der Waals surface area contributed by atoms with Gasteiger partial charge in [0.25, 0.3) is 5.91 Å². The first-order valence-corrected chi connectivity index (χ1v) is 9.43. The molecule has 1 amide bonds.